The molecular formula is C19H24N4O2. The average Bonchev–Trinajstić information content (AvgIpc) is 2.98. The van der Waals surface area contributed by atoms with E-state index in [2.05, 4.69) is 32.3 Å². The summed E-state index contributed by atoms with van der Waals surface area (Å²) in [5, 5.41) is 9.47. The van der Waals surface area contributed by atoms with E-state index >= 15 is 0 Å². The fraction of sp³-hybridized carbons (Fsp3) is 0.368. The van der Waals surface area contributed by atoms with Gasteiger partial charge in [-0.05, 0) is 26.0 Å². The number of ether oxygens (including phenoxy) is 1. The zero-order valence-corrected chi connectivity index (χ0v) is 14.9. The number of hydrogen-bond acceptors (Lipinski definition) is 5. The van der Waals surface area contributed by atoms with Crippen LogP contribution in [0.15, 0.2) is 36.5 Å². The molecule has 0 aliphatic rings. The third kappa shape index (κ3) is 3.81. The Morgan fingerprint density at radius 1 is 1.20 bits per heavy atom. The van der Waals surface area contributed by atoms with E-state index in [0.717, 1.165) is 28.4 Å². The number of aromatic nitrogens is 3. The molecule has 2 heterocycles. The maximum atomic E-state index is 9.47. The van der Waals surface area contributed by atoms with Gasteiger partial charge in [-0.1, -0.05) is 18.2 Å². The molecule has 1 aromatic carbocycles. The van der Waals surface area contributed by atoms with Crippen molar-refractivity contribution in [1.29, 1.82) is 0 Å². The third-order valence-electron chi connectivity index (χ3n) is 4.25. The second kappa shape index (κ2) is 7.63. The molecule has 3 aromatic rings. The molecule has 25 heavy (non-hydrogen) atoms. The maximum absolute atomic E-state index is 9.47. The molecule has 0 atom stereocenters. The second-order valence-electron chi connectivity index (χ2n) is 6.17. The van der Waals surface area contributed by atoms with Gasteiger partial charge in [0.25, 0.3) is 0 Å². The third-order valence-corrected chi connectivity index (χ3v) is 4.25. The lowest BCUT2D eigenvalue weighted by molar-refractivity contribution is 0.181. The second-order valence-corrected chi connectivity index (χ2v) is 6.17. The van der Waals surface area contributed by atoms with Crippen LogP contribution >= 0.6 is 0 Å². The predicted octanol–water partition coefficient (Wildman–Crippen LogP) is 2.35. The molecule has 2 aromatic heterocycles. The lowest BCUT2D eigenvalue weighted by Crippen LogP contribution is -2.27. The van der Waals surface area contributed by atoms with Gasteiger partial charge in [-0.25, -0.2) is 9.97 Å². The number of rotatable bonds is 7. The zero-order valence-electron chi connectivity index (χ0n) is 14.9. The molecule has 6 nitrogen and oxygen atoms in total. The van der Waals surface area contributed by atoms with Crippen molar-refractivity contribution in [2.75, 3.05) is 20.3 Å². The number of aryl methyl sites for hydroxylation is 2. The highest BCUT2D eigenvalue weighted by atomic mass is 16.5. The van der Waals surface area contributed by atoms with E-state index in [1.54, 1.807) is 7.11 Å². The van der Waals surface area contributed by atoms with E-state index in [1.807, 2.05) is 37.4 Å². The minimum absolute atomic E-state index is 0.0994. The first-order chi connectivity index (χ1) is 12.1. The van der Waals surface area contributed by atoms with E-state index in [-0.39, 0.29) is 6.61 Å². The van der Waals surface area contributed by atoms with Crippen LogP contribution in [0.4, 0.5) is 0 Å². The van der Waals surface area contributed by atoms with Crippen LogP contribution in [0.1, 0.15) is 22.6 Å². The van der Waals surface area contributed by atoms with Crippen molar-refractivity contribution in [3.8, 4) is 5.75 Å². The number of hydrogen-bond donors (Lipinski definition) is 1. The van der Waals surface area contributed by atoms with E-state index in [9.17, 15) is 5.11 Å². The molecule has 1 N–H and O–H groups in total. The van der Waals surface area contributed by atoms with E-state index in [0.29, 0.717) is 25.4 Å². The quantitative estimate of drug-likeness (QED) is 0.715. The topological polar surface area (TPSA) is 62.9 Å². The van der Waals surface area contributed by atoms with E-state index in [1.165, 1.54) is 0 Å². The van der Waals surface area contributed by atoms with Crippen molar-refractivity contribution in [3.05, 3.63) is 59.2 Å². The number of aliphatic hydroxyl groups excluding tert-OH is 1. The molecule has 0 spiro atoms. The molecule has 0 aliphatic heterocycles. The highest BCUT2D eigenvalue weighted by Crippen LogP contribution is 2.20. The predicted molar refractivity (Wildman–Crippen MR) is 96.7 cm³/mol. The van der Waals surface area contributed by atoms with Crippen LogP contribution in [-0.4, -0.2) is 44.6 Å². The summed E-state index contributed by atoms with van der Waals surface area (Å²) in [6, 6.07) is 10.0. The van der Waals surface area contributed by atoms with Gasteiger partial charge in [0.1, 0.15) is 5.75 Å². The van der Waals surface area contributed by atoms with Gasteiger partial charge in [0.15, 0.2) is 0 Å². The van der Waals surface area contributed by atoms with Gasteiger partial charge in [-0.15, -0.1) is 0 Å². The molecular weight excluding hydrogens is 316 g/mol. The zero-order chi connectivity index (χ0) is 17.8. The number of nitrogens with zero attached hydrogens (tertiary/aromatic N) is 4. The van der Waals surface area contributed by atoms with Crippen LogP contribution in [0.2, 0.25) is 0 Å². The SMILES string of the molecule is COc1ccccc1CN(CCO)Cc1cnc2nc(C)cc(C)n12. The molecule has 0 aliphatic carbocycles. The number of aliphatic hydroxyl groups is 1. The number of imidazole rings is 1. The molecule has 0 saturated carbocycles. The molecule has 0 unspecified atom stereocenters. The van der Waals surface area contributed by atoms with Crippen LogP contribution in [0.5, 0.6) is 5.75 Å². The highest BCUT2D eigenvalue weighted by molar-refractivity contribution is 5.36. The minimum Gasteiger partial charge on any atom is -0.496 e. The fourth-order valence-electron chi connectivity index (χ4n) is 3.17. The standard InChI is InChI=1S/C19H24N4O2/c1-14-10-15(2)23-17(11-20-19(23)21-14)13-22(8-9-24)12-16-6-4-5-7-18(16)25-3/h4-7,10-11,24H,8-9,12-13H2,1-3H3. The molecule has 132 valence electrons. The first kappa shape index (κ1) is 17.4. The maximum Gasteiger partial charge on any atom is 0.234 e. The molecule has 0 fully saturated rings. The first-order valence-electron chi connectivity index (χ1n) is 8.38. The average molecular weight is 340 g/mol. The van der Waals surface area contributed by atoms with E-state index in [4.69, 9.17) is 4.74 Å². The van der Waals surface area contributed by atoms with E-state index < -0.39 is 0 Å². The van der Waals surface area contributed by atoms with Crippen LogP contribution in [-0.2, 0) is 13.1 Å². The summed E-state index contributed by atoms with van der Waals surface area (Å²) in [6.07, 6.45) is 1.86. The summed E-state index contributed by atoms with van der Waals surface area (Å²) < 4.78 is 7.51. The molecule has 6 heteroatoms. The highest BCUT2D eigenvalue weighted by Gasteiger charge is 2.14. The van der Waals surface area contributed by atoms with Crippen molar-refractivity contribution in [2.24, 2.45) is 0 Å². The Balaban J connectivity index is 1.87. The molecule has 0 radical (unpaired) electrons. The van der Waals surface area contributed by atoms with Gasteiger partial charge in [0.2, 0.25) is 5.78 Å². The smallest absolute Gasteiger partial charge is 0.234 e. The summed E-state index contributed by atoms with van der Waals surface area (Å²) in [7, 11) is 1.68. The van der Waals surface area contributed by atoms with Gasteiger partial charge in [0.05, 0.1) is 25.6 Å². The Morgan fingerprint density at radius 2 is 2.00 bits per heavy atom. The normalized spacial score (nSPS) is 11.4. The summed E-state index contributed by atoms with van der Waals surface area (Å²) >= 11 is 0. The summed E-state index contributed by atoms with van der Waals surface area (Å²) in [5.41, 5.74) is 4.22. The van der Waals surface area contributed by atoms with Gasteiger partial charge in [0, 0.05) is 36.6 Å². The first-order valence-corrected chi connectivity index (χ1v) is 8.38. The van der Waals surface area contributed by atoms with Crippen molar-refractivity contribution in [3.63, 3.8) is 0 Å². The largest absolute Gasteiger partial charge is 0.496 e. The lowest BCUT2D eigenvalue weighted by Gasteiger charge is -2.22. The molecule has 0 amide bonds. The van der Waals surface area contributed by atoms with Crippen LogP contribution in [0, 0.1) is 13.8 Å². The number of para-hydroxylation sites is 1. The number of benzene rings is 1. The Hall–Kier alpha value is -2.44. The van der Waals surface area contributed by atoms with Gasteiger partial charge in [-0.2, -0.15) is 0 Å². The molecule has 0 saturated heterocycles. The Labute approximate surface area is 147 Å². The lowest BCUT2D eigenvalue weighted by atomic mass is 10.2. The fourth-order valence-corrected chi connectivity index (χ4v) is 3.17. The van der Waals surface area contributed by atoms with Crippen LogP contribution in [0.25, 0.3) is 5.78 Å². The Kier molecular flexibility index (Phi) is 5.31. The Morgan fingerprint density at radius 3 is 2.76 bits per heavy atom. The summed E-state index contributed by atoms with van der Waals surface area (Å²) in [6.45, 7) is 6.07. The number of methoxy groups -OCH3 is 1. The monoisotopic (exact) mass is 340 g/mol. The van der Waals surface area contributed by atoms with Crippen molar-refractivity contribution >= 4 is 5.78 Å². The van der Waals surface area contributed by atoms with Crippen molar-refractivity contribution in [1.82, 2.24) is 19.3 Å². The van der Waals surface area contributed by atoms with Crippen molar-refractivity contribution < 1.29 is 9.84 Å². The molecule has 3 rings (SSSR count). The van der Waals surface area contributed by atoms with Crippen molar-refractivity contribution in [2.45, 2.75) is 26.9 Å². The van der Waals surface area contributed by atoms with Crippen LogP contribution in [0.3, 0.4) is 0 Å². The minimum atomic E-state index is 0.0994. The molecule has 0 bridgehead atoms. The van der Waals surface area contributed by atoms with Gasteiger partial charge in [-0.3, -0.25) is 9.30 Å². The Bertz CT molecular complexity index is 860. The van der Waals surface area contributed by atoms with Crippen LogP contribution < -0.4 is 4.74 Å². The summed E-state index contributed by atoms with van der Waals surface area (Å²) in [5.74, 6) is 1.57. The number of fused-ring (bicyclic) bond motifs is 1. The van der Waals surface area contributed by atoms with Gasteiger partial charge < -0.3 is 9.84 Å². The van der Waals surface area contributed by atoms with Gasteiger partial charge >= 0.3 is 0 Å². The summed E-state index contributed by atoms with van der Waals surface area (Å²) in [4.78, 5) is 11.1.